The van der Waals surface area contributed by atoms with Crippen molar-refractivity contribution < 1.29 is 19.2 Å². The molecule has 8 nitrogen and oxygen atoms in total. The number of halogens is 1. The van der Waals surface area contributed by atoms with E-state index < -0.39 is 4.92 Å². The summed E-state index contributed by atoms with van der Waals surface area (Å²) < 4.78 is 11.0. The van der Waals surface area contributed by atoms with Crippen molar-refractivity contribution in [3.8, 4) is 11.5 Å². The number of benzene rings is 3. The van der Waals surface area contributed by atoms with Crippen molar-refractivity contribution in [3.63, 3.8) is 0 Å². The molecule has 1 fully saturated rings. The van der Waals surface area contributed by atoms with Gasteiger partial charge in [0.15, 0.2) is 0 Å². The lowest BCUT2D eigenvalue weighted by molar-refractivity contribution is -0.385. The van der Waals surface area contributed by atoms with Crippen LogP contribution in [0.3, 0.4) is 0 Å². The number of amides is 1. The van der Waals surface area contributed by atoms with E-state index >= 15 is 0 Å². The third-order valence-corrected chi connectivity index (χ3v) is 5.42. The Morgan fingerprint density at radius 1 is 1.06 bits per heavy atom. The van der Waals surface area contributed by atoms with Crippen LogP contribution in [-0.2, 0) is 11.3 Å². The molecule has 33 heavy (non-hydrogen) atoms. The number of hydrogen-bond donors (Lipinski definition) is 1. The number of nitrogens with one attached hydrogen (secondary N) is 1. The van der Waals surface area contributed by atoms with E-state index in [1.54, 1.807) is 24.3 Å². The predicted molar refractivity (Wildman–Crippen MR) is 125 cm³/mol. The highest BCUT2D eigenvalue weighted by molar-refractivity contribution is 6.30. The summed E-state index contributed by atoms with van der Waals surface area (Å²) in [5, 5.41) is 14.3. The van der Waals surface area contributed by atoms with Gasteiger partial charge in [0, 0.05) is 42.0 Å². The van der Waals surface area contributed by atoms with Crippen molar-refractivity contribution in [3.05, 3.63) is 93.0 Å². The van der Waals surface area contributed by atoms with Crippen LogP contribution < -0.4 is 10.1 Å². The van der Waals surface area contributed by atoms with Crippen LogP contribution in [0.25, 0.3) is 0 Å². The van der Waals surface area contributed by atoms with Gasteiger partial charge in [0.1, 0.15) is 5.75 Å². The standard InChI is InChI=1S/C24H22ClN3O5/c25-19-5-10-23(22(15-19)28(30)31)33-21-8-3-18(4-9-21)24(29)26-20-6-1-17(2-7-20)16-27-11-13-32-14-12-27/h1-10,15H,11-14,16H2,(H,26,29). The summed E-state index contributed by atoms with van der Waals surface area (Å²) in [6.07, 6.45) is 0. The molecule has 0 aliphatic carbocycles. The monoisotopic (exact) mass is 467 g/mol. The van der Waals surface area contributed by atoms with E-state index in [1.807, 2.05) is 24.3 Å². The van der Waals surface area contributed by atoms with Gasteiger partial charge in [-0.2, -0.15) is 0 Å². The average molecular weight is 468 g/mol. The first-order valence-corrected chi connectivity index (χ1v) is 10.8. The molecule has 1 saturated heterocycles. The van der Waals surface area contributed by atoms with Crippen LogP contribution in [-0.4, -0.2) is 42.0 Å². The van der Waals surface area contributed by atoms with E-state index in [0.717, 1.165) is 32.8 Å². The van der Waals surface area contributed by atoms with Gasteiger partial charge in [0.05, 0.1) is 18.1 Å². The van der Waals surface area contributed by atoms with Gasteiger partial charge in [0.2, 0.25) is 5.75 Å². The predicted octanol–water partition coefficient (Wildman–Crippen LogP) is 5.13. The lowest BCUT2D eigenvalue weighted by atomic mass is 10.1. The van der Waals surface area contributed by atoms with E-state index in [-0.39, 0.29) is 22.4 Å². The minimum atomic E-state index is -0.560. The molecule has 9 heteroatoms. The molecule has 0 unspecified atom stereocenters. The summed E-state index contributed by atoms with van der Waals surface area (Å²) in [5.74, 6) is 0.170. The van der Waals surface area contributed by atoms with Crippen molar-refractivity contribution in [2.75, 3.05) is 31.6 Å². The summed E-state index contributed by atoms with van der Waals surface area (Å²) in [6.45, 7) is 4.21. The Labute approximate surface area is 195 Å². The number of nitrogens with zero attached hydrogens (tertiary/aromatic N) is 2. The van der Waals surface area contributed by atoms with E-state index in [2.05, 4.69) is 10.2 Å². The molecule has 170 valence electrons. The molecule has 0 spiro atoms. The average Bonchev–Trinajstić information content (AvgIpc) is 2.82. The molecule has 0 saturated carbocycles. The number of carbonyl (C=O) groups is 1. The van der Waals surface area contributed by atoms with Gasteiger partial charge in [-0.15, -0.1) is 0 Å². The van der Waals surface area contributed by atoms with E-state index in [4.69, 9.17) is 21.1 Å². The lowest BCUT2D eigenvalue weighted by Gasteiger charge is -2.26. The fourth-order valence-electron chi connectivity index (χ4n) is 3.44. The van der Waals surface area contributed by atoms with Crippen molar-refractivity contribution in [2.24, 2.45) is 0 Å². The first-order valence-electron chi connectivity index (χ1n) is 10.4. The van der Waals surface area contributed by atoms with Gasteiger partial charge in [-0.25, -0.2) is 0 Å². The number of ether oxygens (including phenoxy) is 2. The second-order valence-corrected chi connectivity index (χ2v) is 7.97. The van der Waals surface area contributed by atoms with Crippen LogP contribution in [0.15, 0.2) is 66.7 Å². The highest BCUT2D eigenvalue weighted by atomic mass is 35.5. The van der Waals surface area contributed by atoms with Crippen LogP contribution in [0.5, 0.6) is 11.5 Å². The van der Waals surface area contributed by atoms with Crippen molar-refractivity contribution >= 4 is 28.9 Å². The van der Waals surface area contributed by atoms with Gasteiger partial charge in [-0.1, -0.05) is 23.7 Å². The number of morpholine rings is 1. The molecule has 4 rings (SSSR count). The van der Waals surface area contributed by atoms with Gasteiger partial charge in [0.25, 0.3) is 5.91 Å². The summed E-state index contributed by atoms with van der Waals surface area (Å²) in [7, 11) is 0. The molecule has 3 aromatic rings. The summed E-state index contributed by atoms with van der Waals surface area (Å²) in [6, 6.07) is 18.3. The Balaban J connectivity index is 1.36. The van der Waals surface area contributed by atoms with Crippen molar-refractivity contribution in [2.45, 2.75) is 6.54 Å². The lowest BCUT2D eigenvalue weighted by Crippen LogP contribution is -2.35. The molecule has 1 aliphatic rings. The number of rotatable bonds is 7. The van der Waals surface area contributed by atoms with Crippen LogP contribution in [0.1, 0.15) is 15.9 Å². The molecule has 1 heterocycles. The fraction of sp³-hybridized carbons (Fsp3) is 0.208. The third kappa shape index (κ3) is 6.07. The number of carbonyl (C=O) groups excluding carboxylic acids is 1. The molecule has 0 bridgehead atoms. The Hall–Kier alpha value is -3.46. The summed E-state index contributed by atoms with van der Waals surface area (Å²) >= 11 is 5.83. The molecule has 0 radical (unpaired) electrons. The van der Waals surface area contributed by atoms with Gasteiger partial charge in [-0.3, -0.25) is 19.8 Å². The van der Waals surface area contributed by atoms with Crippen LogP contribution in [0.2, 0.25) is 5.02 Å². The first-order chi connectivity index (χ1) is 16.0. The zero-order valence-electron chi connectivity index (χ0n) is 17.7. The summed E-state index contributed by atoms with van der Waals surface area (Å²) in [5.41, 5.74) is 2.07. The molecular formula is C24H22ClN3O5. The third-order valence-electron chi connectivity index (χ3n) is 5.18. The normalized spacial score (nSPS) is 14.0. The largest absolute Gasteiger partial charge is 0.450 e. The maximum Gasteiger partial charge on any atom is 0.313 e. The number of nitro benzene ring substituents is 1. The smallest absolute Gasteiger partial charge is 0.313 e. The zero-order chi connectivity index (χ0) is 23.2. The van der Waals surface area contributed by atoms with Crippen molar-refractivity contribution in [1.82, 2.24) is 4.90 Å². The van der Waals surface area contributed by atoms with E-state index in [1.165, 1.54) is 23.8 Å². The van der Waals surface area contributed by atoms with Crippen LogP contribution in [0, 0.1) is 10.1 Å². The molecule has 1 amide bonds. The van der Waals surface area contributed by atoms with Crippen molar-refractivity contribution in [1.29, 1.82) is 0 Å². The van der Waals surface area contributed by atoms with Gasteiger partial charge in [-0.05, 0) is 54.1 Å². The second kappa shape index (κ2) is 10.4. The topological polar surface area (TPSA) is 93.9 Å². The molecule has 1 N–H and O–H groups in total. The highest BCUT2D eigenvalue weighted by Gasteiger charge is 2.17. The Morgan fingerprint density at radius 2 is 1.76 bits per heavy atom. The Kier molecular flexibility index (Phi) is 7.19. The minimum Gasteiger partial charge on any atom is -0.450 e. The number of hydrogen-bond acceptors (Lipinski definition) is 6. The zero-order valence-corrected chi connectivity index (χ0v) is 18.5. The fourth-order valence-corrected chi connectivity index (χ4v) is 3.60. The SMILES string of the molecule is O=C(Nc1ccc(CN2CCOCC2)cc1)c1ccc(Oc2ccc(Cl)cc2[N+](=O)[O-])cc1. The minimum absolute atomic E-state index is 0.0683. The highest BCUT2D eigenvalue weighted by Crippen LogP contribution is 2.33. The summed E-state index contributed by atoms with van der Waals surface area (Å²) in [4.78, 5) is 25.6. The van der Waals surface area contributed by atoms with Gasteiger partial charge < -0.3 is 14.8 Å². The number of nitro groups is 1. The quantitative estimate of drug-likeness (QED) is 0.382. The molecular weight excluding hydrogens is 446 g/mol. The molecule has 1 aliphatic heterocycles. The van der Waals surface area contributed by atoms with Gasteiger partial charge >= 0.3 is 5.69 Å². The number of anilines is 1. The Bertz CT molecular complexity index is 1130. The maximum absolute atomic E-state index is 12.6. The molecule has 3 aromatic carbocycles. The van der Waals surface area contributed by atoms with E-state index in [0.29, 0.717) is 17.0 Å². The second-order valence-electron chi connectivity index (χ2n) is 7.54. The van der Waals surface area contributed by atoms with Crippen LogP contribution >= 0.6 is 11.6 Å². The van der Waals surface area contributed by atoms with Crippen LogP contribution in [0.4, 0.5) is 11.4 Å². The first kappa shape index (κ1) is 22.7. The maximum atomic E-state index is 12.6. The Morgan fingerprint density at radius 3 is 2.42 bits per heavy atom. The molecule has 0 atom stereocenters. The molecule has 0 aromatic heterocycles. The van der Waals surface area contributed by atoms with E-state index in [9.17, 15) is 14.9 Å².